The molecule has 110 valence electrons. The Morgan fingerprint density at radius 1 is 1.45 bits per heavy atom. The first-order chi connectivity index (χ1) is 9.70. The molecule has 5 nitrogen and oxygen atoms in total. The van der Waals surface area contributed by atoms with E-state index in [4.69, 9.17) is 10.5 Å². The van der Waals surface area contributed by atoms with E-state index in [1.54, 1.807) is 7.05 Å². The number of thiophene rings is 1. The summed E-state index contributed by atoms with van der Waals surface area (Å²) in [5, 5.41) is 7.16. The smallest absolute Gasteiger partial charge is 0.263 e. The van der Waals surface area contributed by atoms with Gasteiger partial charge in [0.15, 0.2) is 0 Å². The fraction of sp³-hybridized carbons (Fsp3) is 0.643. The minimum atomic E-state index is -0.0976. The standard InChI is InChI=1S/C14H21N3O2S/c1-16-13(18)12-11(15)10(8-4-5-8)14(20-12)17-7-9-3-2-6-19-9/h8-9,17H,2-7,15H2,1H3,(H,16,18). The molecule has 1 unspecified atom stereocenters. The van der Waals surface area contributed by atoms with Crippen LogP contribution in [-0.4, -0.2) is 32.2 Å². The van der Waals surface area contributed by atoms with Crippen molar-refractivity contribution in [3.8, 4) is 0 Å². The van der Waals surface area contributed by atoms with Crippen molar-refractivity contribution in [3.63, 3.8) is 0 Å². The Kier molecular flexibility index (Phi) is 3.85. The van der Waals surface area contributed by atoms with Crippen LogP contribution in [0.15, 0.2) is 0 Å². The fourth-order valence-electron chi connectivity index (χ4n) is 2.66. The molecule has 0 spiro atoms. The van der Waals surface area contributed by atoms with Crippen molar-refractivity contribution in [2.24, 2.45) is 0 Å². The summed E-state index contributed by atoms with van der Waals surface area (Å²) >= 11 is 1.47. The van der Waals surface area contributed by atoms with Gasteiger partial charge in [-0.2, -0.15) is 0 Å². The molecule has 0 radical (unpaired) electrons. The van der Waals surface area contributed by atoms with E-state index in [9.17, 15) is 4.79 Å². The maximum absolute atomic E-state index is 11.9. The molecule has 1 atom stereocenters. The summed E-state index contributed by atoms with van der Waals surface area (Å²) in [5.41, 5.74) is 7.99. The van der Waals surface area contributed by atoms with E-state index < -0.39 is 0 Å². The number of rotatable bonds is 5. The van der Waals surface area contributed by atoms with Crippen molar-refractivity contribution in [3.05, 3.63) is 10.4 Å². The molecule has 1 saturated heterocycles. The zero-order valence-corrected chi connectivity index (χ0v) is 12.5. The summed E-state index contributed by atoms with van der Waals surface area (Å²) in [5.74, 6) is 0.427. The molecule has 6 heteroatoms. The third-order valence-corrected chi connectivity index (χ3v) is 5.09. The maximum atomic E-state index is 11.9. The minimum absolute atomic E-state index is 0.0976. The van der Waals surface area contributed by atoms with Gasteiger partial charge < -0.3 is 21.1 Å². The fourth-order valence-corrected chi connectivity index (χ4v) is 3.82. The molecule has 1 aliphatic carbocycles. The highest BCUT2D eigenvalue weighted by molar-refractivity contribution is 7.18. The van der Waals surface area contributed by atoms with Crippen LogP contribution in [0.3, 0.4) is 0 Å². The first-order valence-electron chi connectivity index (χ1n) is 7.20. The summed E-state index contributed by atoms with van der Waals surface area (Å²) in [6, 6.07) is 0. The van der Waals surface area contributed by atoms with Gasteiger partial charge in [0.2, 0.25) is 0 Å². The number of nitrogens with two attached hydrogens (primary N) is 1. The van der Waals surface area contributed by atoms with Crippen molar-refractivity contribution in [1.29, 1.82) is 0 Å². The second-order valence-electron chi connectivity index (χ2n) is 5.46. The van der Waals surface area contributed by atoms with Gasteiger partial charge in [-0.15, -0.1) is 11.3 Å². The molecule has 1 amide bonds. The Labute approximate surface area is 122 Å². The molecule has 1 aromatic rings. The van der Waals surface area contributed by atoms with E-state index >= 15 is 0 Å². The van der Waals surface area contributed by atoms with Gasteiger partial charge in [0.25, 0.3) is 5.91 Å². The topological polar surface area (TPSA) is 76.4 Å². The highest BCUT2D eigenvalue weighted by Gasteiger charge is 2.33. The average Bonchev–Trinajstić information content (AvgIpc) is 3.03. The SMILES string of the molecule is CNC(=O)c1sc(NCC2CCCO2)c(C2CC2)c1N. The van der Waals surface area contributed by atoms with Crippen LogP contribution in [0.4, 0.5) is 10.7 Å². The normalized spacial score (nSPS) is 21.9. The van der Waals surface area contributed by atoms with Crippen molar-refractivity contribution in [2.45, 2.75) is 37.7 Å². The summed E-state index contributed by atoms with van der Waals surface area (Å²) in [4.78, 5) is 12.5. The maximum Gasteiger partial charge on any atom is 0.263 e. The Balaban J connectivity index is 1.79. The number of ether oxygens (including phenoxy) is 1. The van der Waals surface area contributed by atoms with E-state index in [2.05, 4.69) is 10.6 Å². The van der Waals surface area contributed by atoms with Crippen LogP contribution in [0.5, 0.6) is 0 Å². The molecule has 2 fully saturated rings. The predicted molar refractivity (Wildman–Crippen MR) is 81.6 cm³/mol. The number of hydrogen-bond acceptors (Lipinski definition) is 5. The first kappa shape index (κ1) is 13.7. The molecular weight excluding hydrogens is 274 g/mol. The number of anilines is 2. The Bertz CT molecular complexity index is 505. The lowest BCUT2D eigenvalue weighted by Gasteiger charge is -2.12. The highest BCUT2D eigenvalue weighted by Crippen LogP contribution is 2.50. The molecule has 1 saturated carbocycles. The van der Waals surface area contributed by atoms with E-state index in [-0.39, 0.29) is 12.0 Å². The summed E-state index contributed by atoms with van der Waals surface area (Å²) in [6.45, 7) is 1.66. The lowest BCUT2D eigenvalue weighted by atomic mass is 10.1. The zero-order chi connectivity index (χ0) is 14.1. The van der Waals surface area contributed by atoms with Crippen LogP contribution in [0.1, 0.15) is 46.8 Å². The van der Waals surface area contributed by atoms with Gasteiger partial charge in [-0.05, 0) is 31.6 Å². The molecule has 4 N–H and O–H groups in total. The Morgan fingerprint density at radius 2 is 2.25 bits per heavy atom. The van der Waals surface area contributed by atoms with Gasteiger partial charge in [-0.3, -0.25) is 4.79 Å². The Morgan fingerprint density at radius 3 is 2.85 bits per heavy atom. The molecule has 1 aliphatic heterocycles. The van der Waals surface area contributed by atoms with Gasteiger partial charge in [0, 0.05) is 25.8 Å². The molecule has 3 rings (SSSR count). The molecule has 1 aromatic heterocycles. The van der Waals surface area contributed by atoms with Crippen LogP contribution in [0.2, 0.25) is 0 Å². The van der Waals surface area contributed by atoms with Gasteiger partial charge in [0.05, 0.1) is 16.8 Å². The third kappa shape index (κ3) is 2.62. The average molecular weight is 295 g/mol. The van der Waals surface area contributed by atoms with Gasteiger partial charge in [-0.1, -0.05) is 0 Å². The van der Waals surface area contributed by atoms with Crippen molar-refractivity contribution < 1.29 is 9.53 Å². The van der Waals surface area contributed by atoms with Crippen LogP contribution >= 0.6 is 11.3 Å². The van der Waals surface area contributed by atoms with Crippen LogP contribution in [0.25, 0.3) is 0 Å². The summed E-state index contributed by atoms with van der Waals surface area (Å²) in [7, 11) is 1.64. The number of nitrogen functional groups attached to an aromatic ring is 1. The minimum Gasteiger partial charge on any atom is -0.397 e. The summed E-state index contributed by atoms with van der Waals surface area (Å²) < 4.78 is 5.63. The quantitative estimate of drug-likeness (QED) is 0.778. The monoisotopic (exact) mass is 295 g/mol. The van der Waals surface area contributed by atoms with Crippen molar-refractivity contribution in [1.82, 2.24) is 5.32 Å². The largest absolute Gasteiger partial charge is 0.397 e. The second kappa shape index (κ2) is 5.61. The molecule has 20 heavy (non-hydrogen) atoms. The molecular formula is C14H21N3O2S. The zero-order valence-electron chi connectivity index (χ0n) is 11.7. The van der Waals surface area contributed by atoms with Crippen LogP contribution in [0, 0.1) is 0 Å². The van der Waals surface area contributed by atoms with E-state index in [1.807, 2.05) is 0 Å². The van der Waals surface area contributed by atoms with E-state index in [0.717, 1.165) is 36.6 Å². The number of nitrogens with one attached hydrogen (secondary N) is 2. The lowest BCUT2D eigenvalue weighted by molar-refractivity contribution is 0.0968. The van der Waals surface area contributed by atoms with E-state index in [1.165, 1.54) is 24.2 Å². The number of carbonyl (C=O) groups is 1. The van der Waals surface area contributed by atoms with E-state index in [0.29, 0.717) is 16.5 Å². The third-order valence-electron chi connectivity index (χ3n) is 3.92. The van der Waals surface area contributed by atoms with Gasteiger partial charge in [-0.25, -0.2) is 0 Å². The number of carbonyl (C=O) groups excluding carboxylic acids is 1. The second-order valence-corrected chi connectivity index (χ2v) is 6.48. The molecule has 0 bridgehead atoms. The molecule has 2 heterocycles. The van der Waals surface area contributed by atoms with Crippen LogP contribution in [-0.2, 0) is 4.74 Å². The first-order valence-corrected chi connectivity index (χ1v) is 8.02. The van der Waals surface area contributed by atoms with Crippen molar-refractivity contribution >= 4 is 27.9 Å². The van der Waals surface area contributed by atoms with Crippen LogP contribution < -0.4 is 16.4 Å². The predicted octanol–water partition coefficient (Wildman–Crippen LogP) is 2.16. The number of hydrogen-bond donors (Lipinski definition) is 3. The Hall–Kier alpha value is -1.27. The lowest BCUT2D eigenvalue weighted by Crippen LogP contribution is -2.18. The highest BCUT2D eigenvalue weighted by atomic mass is 32.1. The van der Waals surface area contributed by atoms with Crippen molar-refractivity contribution in [2.75, 3.05) is 31.2 Å². The number of amides is 1. The molecule has 0 aromatic carbocycles. The van der Waals surface area contributed by atoms with Gasteiger partial charge in [0.1, 0.15) is 4.88 Å². The molecule has 2 aliphatic rings. The summed E-state index contributed by atoms with van der Waals surface area (Å²) in [6.07, 6.45) is 4.87. The van der Waals surface area contributed by atoms with Gasteiger partial charge >= 0.3 is 0 Å².